The van der Waals surface area contributed by atoms with Crippen LogP contribution in [-0.4, -0.2) is 45.3 Å². The number of nitrogens with zero attached hydrogens (tertiary/aromatic N) is 2. The van der Waals surface area contributed by atoms with Crippen LogP contribution in [0.15, 0.2) is 45.6 Å². The van der Waals surface area contributed by atoms with E-state index in [-0.39, 0.29) is 5.43 Å². The number of rotatable bonds is 3. The van der Waals surface area contributed by atoms with Crippen molar-refractivity contribution < 1.29 is 9.15 Å². The molecule has 0 saturated carbocycles. The van der Waals surface area contributed by atoms with Gasteiger partial charge in [0.25, 0.3) is 0 Å². The van der Waals surface area contributed by atoms with Crippen LogP contribution in [-0.2, 0) is 11.3 Å². The maximum Gasteiger partial charge on any atom is 0.204 e. The predicted molar refractivity (Wildman–Crippen MR) is 100 cm³/mol. The molecular formula is C20H22N2O3. The van der Waals surface area contributed by atoms with Gasteiger partial charge >= 0.3 is 0 Å². The van der Waals surface area contributed by atoms with Gasteiger partial charge in [0.15, 0.2) is 5.43 Å². The molecule has 4 rings (SSSR count). The lowest BCUT2D eigenvalue weighted by Gasteiger charge is -2.27. The first-order valence-corrected chi connectivity index (χ1v) is 8.60. The predicted octanol–water partition coefficient (Wildman–Crippen LogP) is 2.84. The summed E-state index contributed by atoms with van der Waals surface area (Å²) in [5.41, 5.74) is 1.42. The zero-order chi connectivity index (χ0) is 17.4. The van der Waals surface area contributed by atoms with Crippen LogP contribution in [0.25, 0.3) is 21.7 Å². The quantitative estimate of drug-likeness (QED) is 0.687. The van der Waals surface area contributed by atoms with Gasteiger partial charge in [-0.1, -0.05) is 30.3 Å². The van der Waals surface area contributed by atoms with Crippen LogP contribution in [0.4, 0.5) is 5.88 Å². The van der Waals surface area contributed by atoms with Gasteiger partial charge in [-0.25, -0.2) is 0 Å². The summed E-state index contributed by atoms with van der Waals surface area (Å²) in [7, 11) is 3.82. The smallest absolute Gasteiger partial charge is 0.204 e. The minimum Gasteiger partial charge on any atom is -0.440 e. The summed E-state index contributed by atoms with van der Waals surface area (Å²) in [5, 5.41) is 2.67. The average molecular weight is 338 g/mol. The molecule has 0 spiro atoms. The molecule has 0 amide bonds. The molecule has 1 fully saturated rings. The molecule has 0 atom stereocenters. The van der Waals surface area contributed by atoms with E-state index in [0.29, 0.717) is 36.6 Å². The van der Waals surface area contributed by atoms with Crippen LogP contribution in [0.3, 0.4) is 0 Å². The fourth-order valence-corrected chi connectivity index (χ4v) is 3.47. The summed E-state index contributed by atoms with van der Waals surface area (Å²) >= 11 is 0. The minimum atomic E-state index is 0.0632. The molecule has 1 aliphatic heterocycles. The standard InChI is InChI=1S/C20H22N2O3/c1-21(2)20-16(13-22-9-11-24-12-10-22)19(23)18-15-6-4-3-5-14(15)7-8-17(18)25-20/h3-8H,9-13H2,1-2H3. The minimum absolute atomic E-state index is 0.0632. The van der Waals surface area contributed by atoms with Crippen LogP contribution >= 0.6 is 0 Å². The SMILES string of the molecule is CN(C)c1oc2ccc3ccccc3c2c(=O)c1CN1CCOCC1. The van der Waals surface area contributed by atoms with E-state index < -0.39 is 0 Å². The highest BCUT2D eigenvalue weighted by molar-refractivity contribution is 6.05. The summed E-state index contributed by atoms with van der Waals surface area (Å²) in [5.74, 6) is 0.638. The molecular weight excluding hydrogens is 316 g/mol. The first-order chi connectivity index (χ1) is 12.1. The van der Waals surface area contributed by atoms with E-state index in [9.17, 15) is 4.79 Å². The van der Waals surface area contributed by atoms with Gasteiger partial charge < -0.3 is 14.1 Å². The Kier molecular flexibility index (Phi) is 4.19. The van der Waals surface area contributed by atoms with Crippen molar-refractivity contribution in [3.05, 3.63) is 52.2 Å². The Labute approximate surface area is 146 Å². The molecule has 5 nitrogen and oxygen atoms in total. The van der Waals surface area contributed by atoms with E-state index in [1.165, 1.54) is 0 Å². The van der Waals surface area contributed by atoms with E-state index in [2.05, 4.69) is 4.90 Å². The highest BCUT2D eigenvalue weighted by Gasteiger charge is 2.21. The molecule has 1 saturated heterocycles. The molecule has 0 radical (unpaired) electrons. The zero-order valence-corrected chi connectivity index (χ0v) is 14.6. The summed E-state index contributed by atoms with van der Waals surface area (Å²) in [6, 6.07) is 11.9. The van der Waals surface area contributed by atoms with Crippen molar-refractivity contribution in [2.24, 2.45) is 0 Å². The Balaban J connectivity index is 1.95. The lowest BCUT2D eigenvalue weighted by Crippen LogP contribution is -2.37. The van der Waals surface area contributed by atoms with Crippen molar-refractivity contribution in [2.45, 2.75) is 6.54 Å². The molecule has 3 aromatic rings. The summed E-state index contributed by atoms with van der Waals surface area (Å²) in [4.78, 5) is 17.5. The highest BCUT2D eigenvalue weighted by Crippen LogP contribution is 2.28. The van der Waals surface area contributed by atoms with Crippen molar-refractivity contribution in [1.29, 1.82) is 0 Å². The average Bonchev–Trinajstić information content (AvgIpc) is 2.64. The number of anilines is 1. The van der Waals surface area contributed by atoms with Gasteiger partial charge in [-0.3, -0.25) is 9.69 Å². The number of hydrogen-bond acceptors (Lipinski definition) is 5. The Morgan fingerprint density at radius 2 is 1.84 bits per heavy atom. The zero-order valence-electron chi connectivity index (χ0n) is 14.6. The lowest BCUT2D eigenvalue weighted by molar-refractivity contribution is 0.0339. The van der Waals surface area contributed by atoms with Gasteiger partial charge in [0, 0.05) is 33.7 Å². The fraction of sp³-hybridized carbons (Fsp3) is 0.350. The number of fused-ring (bicyclic) bond motifs is 3. The molecule has 1 aliphatic rings. The maximum atomic E-state index is 13.4. The molecule has 25 heavy (non-hydrogen) atoms. The van der Waals surface area contributed by atoms with Crippen LogP contribution in [0.5, 0.6) is 0 Å². The third kappa shape index (κ3) is 2.90. The second kappa shape index (κ2) is 6.50. The van der Waals surface area contributed by atoms with E-state index in [4.69, 9.17) is 9.15 Å². The molecule has 0 bridgehead atoms. The Morgan fingerprint density at radius 1 is 1.08 bits per heavy atom. The normalized spacial score (nSPS) is 15.8. The Morgan fingerprint density at radius 3 is 2.60 bits per heavy atom. The first kappa shape index (κ1) is 16.1. The van der Waals surface area contributed by atoms with Crippen molar-refractivity contribution >= 4 is 27.6 Å². The van der Waals surface area contributed by atoms with Crippen LogP contribution < -0.4 is 10.3 Å². The Bertz CT molecular complexity index is 972. The van der Waals surface area contributed by atoms with Crippen LogP contribution in [0.1, 0.15) is 5.56 Å². The molecule has 0 unspecified atom stereocenters. The van der Waals surface area contributed by atoms with Crippen molar-refractivity contribution in [1.82, 2.24) is 4.90 Å². The van der Waals surface area contributed by atoms with Crippen LogP contribution in [0.2, 0.25) is 0 Å². The largest absolute Gasteiger partial charge is 0.440 e. The van der Waals surface area contributed by atoms with Gasteiger partial charge in [-0.05, 0) is 16.8 Å². The van der Waals surface area contributed by atoms with Crippen LogP contribution in [0, 0.1) is 0 Å². The van der Waals surface area contributed by atoms with E-state index in [0.717, 1.165) is 29.4 Å². The highest BCUT2D eigenvalue weighted by atomic mass is 16.5. The molecule has 0 aliphatic carbocycles. The lowest BCUT2D eigenvalue weighted by atomic mass is 10.0. The monoisotopic (exact) mass is 338 g/mol. The third-order valence-electron chi connectivity index (χ3n) is 4.75. The second-order valence-corrected chi connectivity index (χ2v) is 6.66. The number of ether oxygens (including phenoxy) is 1. The molecule has 2 heterocycles. The Hall–Kier alpha value is -2.37. The van der Waals surface area contributed by atoms with Gasteiger partial charge in [0.05, 0.1) is 24.2 Å². The number of benzene rings is 2. The van der Waals surface area contributed by atoms with Crippen molar-refractivity contribution in [3.63, 3.8) is 0 Å². The van der Waals surface area contributed by atoms with E-state index in [1.807, 2.05) is 55.4 Å². The molecule has 2 aromatic carbocycles. The number of hydrogen-bond donors (Lipinski definition) is 0. The van der Waals surface area contributed by atoms with E-state index >= 15 is 0 Å². The topological polar surface area (TPSA) is 45.9 Å². The summed E-state index contributed by atoms with van der Waals surface area (Å²) in [6.45, 7) is 3.66. The maximum absolute atomic E-state index is 13.4. The van der Waals surface area contributed by atoms with Gasteiger partial charge in [-0.2, -0.15) is 0 Å². The van der Waals surface area contributed by atoms with Crippen molar-refractivity contribution in [3.8, 4) is 0 Å². The first-order valence-electron chi connectivity index (χ1n) is 8.60. The molecule has 1 aromatic heterocycles. The fourth-order valence-electron chi connectivity index (χ4n) is 3.47. The van der Waals surface area contributed by atoms with Gasteiger partial charge in [0.2, 0.25) is 5.88 Å². The summed E-state index contributed by atoms with van der Waals surface area (Å²) in [6.07, 6.45) is 0. The molecule has 5 heteroatoms. The van der Waals surface area contributed by atoms with E-state index in [1.54, 1.807) is 0 Å². The van der Waals surface area contributed by atoms with Crippen molar-refractivity contribution in [2.75, 3.05) is 45.3 Å². The second-order valence-electron chi connectivity index (χ2n) is 6.66. The number of morpholine rings is 1. The third-order valence-corrected chi connectivity index (χ3v) is 4.75. The van der Waals surface area contributed by atoms with Gasteiger partial charge in [0.1, 0.15) is 5.58 Å². The summed E-state index contributed by atoms with van der Waals surface area (Å²) < 4.78 is 11.6. The molecule has 0 N–H and O–H groups in total. The van der Waals surface area contributed by atoms with Gasteiger partial charge in [-0.15, -0.1) is 0 Å². The molecule has 130 valence electrons.